The van der Waals surface area contributed by atoms with Gasteiger partial charge in [0.2, 0.25) is 11.8 Å². The van der Waals surface area contributed by atoms with Crippen molar-refractivity contribution in [2.75, 3.05) is 56.1 Å². The number of hydrogen-bond acceptors (Lipinski definition) is 12. The third-order valence-corrected chi connectivity index (χ3v) is 13.7. The lowest BCUT2D eigenvalue weighted by Crippen LogP contribution is -2.52. The van der Waals surface area contributed by atoms with Crippen LogP contribution in [-0.4, -0.2) is 125 Å². The molecule has 1 aliphatic carbocycles. The molecule has 332 valence electrons. The van der Waals surface area contributed by atoms with E-state index in [-0.39, 0.29) is 65.8 Å². The summed E-state index contributed by atoms with van der Waals surface area (Å²) < 4.78 is 40.4. The van der Waals surface area contributed by atoms with E-state index in [4.69, 9.17) is 9.72 Å². The fourth-order valence-electron chi connectivity index (χ4n) is 10.3. The van der Waals surface area contributed by atoms with Gasteiger partial charge in [0, 0.05) is 58.6 Å². The van der Waals surface area contributed by atoms with Crippen molar-refractivity contribution < 1.29 is 27.9 Å². The van der Waals surface area contributed by atoms with E-state index in [0.717, 1.165) is 38.9 Å². The molecule has 1 aromatic carbocycles. The molecule has 4 aliphatic heterocycles. The second kappa shape index (κ2) is 16.9. The average molecular weight is 876 g/mol. The van der Waals surface area contributed by atoms with E-state index >= 15 is 0 Å². The minimum atomic E-state index is -2.91. The van der Waals surface area contributed by atoms with Gasteiger partial charge in [-0.1, -0.05) is 17.9 Å². The highest BCUT2D eigenvalue weighted by Gasteiger charge is 2.40. The molecule has 4 aromatic heterocycles. The Balaban J connectivity index is 0.743. The lowest BCUT2D eigenvalue weighted by molar-refractivity contribution is -0.135. The summed E-state index contributed by atoms with van der Waals surface area (Å²) in [5, 5.41) is 23.9. The monoisotopic (exact) mass is 875 g/mol. The molecule has 1 saturated carbocycles. The number of rotatable bonds is 9. The fourth-order valence-corrected chi connectivity index (χ4v) is 10.3. The SMILES string of the molecule is Cn1c(=O)n(C2CCC(=O)NC2=O)c2cccc(C#CCN3CCN(C(C#N)[C@H]4CC[C@H](n5cc(NC(=O)c6cnn7ccc(N8C[C@H]9C[C@@H]8CO9)nc67)c(C(F)F)n5)CC4)CC3)c21. The van der Waals surface area contributed by atoms with Crippen molar-refractivity contribution in [2.45, 2.75) is 81.6 Å². The maximum Gasteiger partial charge on any atom is 0.329 e. The van der Waals surface area contributed by atoms with E-state index in [0.29, 0.717) is 67.1 Å². The number of piperazine rings is 1. The number of amides is 3. The summed E-state index contributed by atoms with van der Waals surface area (Å²) in [5.41, 5.74) is 1.46. The van der Waals surface area contributed by atoms with E-state index in [1.807, 2.05) is 18.2 Å². The zero-order chi connectivity index (χ0) is 44.2. The number of piperidine rings is 1. The number of ether oxygens (including phenoxy) is 1. The van der Waals surface area contributed by atoms with Crippen molar-refractivity contribution in [1.29, 1.82) is 5.26 Å². The number of benzene rings is 1. The second-order valence-corrected chi connectivity index (χ2v) is 17.4. The average Bonchev–Trinajstić information content (AvgIpc) is 4.15. The first-order valence-electron chi connectivity index (χ1n) is 21.8. The van der Waals surface area contributed by atoms with Crippen LogP contribution in [0.1, 0.15) is 85.1 Å². The largest absolute Gasteiger partial charge is 0.374 e. The van der Waals surface area contributed by atoms with Crippen LogP contribution in [0.3, 0.4) is 0 Å². The number of nitrogens with zero attached hydrogens (tertiary/aromatic N) is 11. The van der Waals surface area contributed by atoms with Gasteiger partial charge in [0.05, 0.1) is 65.9 Å². The number of carbonyl (C=O) groups is 3. The maximum absolute atomic E-state index is 14.4. The van der Waals surface area contributed by atoms with Gasteiger partial charge in [0.1, 0.15) is 23.5 Å². The number of imide groups is 1. The van der Waals surface area contributed by atoms with Crippen molar-refractivity contribution in [2.24, 2.45) is 13.0 Å². The second-order valence-electron chi connectivity index (χ2n) is 17.4. The Kier molecular flexibility index (Phi) is 11.0. The third-order valence-electron chi connectivity index (χ3n) is 13.7. The van der Waals surface area contributed by atoms with Crippen molar-refractivity contribution in [3.8, 4) is 17.9 Å². The highest BCUT2D eigenvalue weighted by Crippen LogP contribution is 2.38. The lowest BCUT2D eigenvalue weighted by Gasteiger charge is -2.40. The van der Waals surface area contributed by atoms with E-state index < -0.39 is 30.0 Å². The Labute approximate surface area is 365 Å². The summed E-state index contributed by atoms with van der Waals surface area (Å²) in [6.45, 7) is 4.66. The van der Waals surface area contributed by atoms with Crippen molar-refractivity contribution in [3.63, 3.8) is 0 Å². The van der Waals surface area contributed by atoms with Gasteiger partial charge in [-0.2, -0.15) is 15.5 Å². The number of hydrogen-bond donors (Lipinski definition) is 2. The molecule has 0 spiro atoms. The number of fused-ring (bicyclic) bond motifs is 4. The molecule has 10 rings (SSSR count). The summed E-state index contributed by atoms with van der Waals surface area (Å²) in [6.07, 6.45) is 5.94. The molecule has 2 unspecified atom stereocenters. The topological polar surface area (TPSA) is 193 Å². The normalized spacial score (nSPS) is 24.5. The van der Waals surface area contributed by atoms with Crippen LogP contribution in [0, 0.1) is 29.1 Å². The Morgan fingerprint density at radius 3 is 2.59 bits per heavy atom. The molecule has 4 atom stereocenters. The summed E-state index contributed by atoms with van der Waals surface area (Å²) in [5.74, 6) is 5.87. The molecule has 64 heavy (non-hydrogen) atoms. The first kappa shape index (κ1) is 41.5. The number of nitrogens with one attached hydrogen (secondary N) is 2. The molecule has 0 radical (unpaired) electrons. The number of aromatic nitrogens is 7. The molecule has 5 aliphatic rings. The number of imidazole rings is 1. The molecular formula is C44H47F2N13O5. The van der Waals surface area contributed by atoms with Crippen LogP contribution in [0.2, 0.25) is 0 Å². The molecule has 5 aromatic rings. The van der Waals surface area contributed by atoms with E-state index in [1.54, 1.807) is 24.0 Å². The van der Waals surface area contributed by atoms with Crippen LogP contribution in [0.15, 0.2) is 47.7 Å². The highest BCUT2D eigenvalue weighted by molar-refractivity contribution is 6.08. The molecule has 4 saturated heterocycles. The number of aryl methyl sites for hydroxylation is 1. The summed E-state index contributed by atoms with van der Waals surface area (Å²) >= 11 is 0. The minimum Gasteiger partial charge on any atom is -0.374 e. The van der Waals surface area contributed by atoms with Gasteiger partial charge in [-0.15, -0.1) is 0 Å². The first-order chi connectivity index (χ1) is 31.0. The Morgan fingerprint density at radius 1 is 1.06 bits per heavy atom. The third kappa shape index (κ3) is 7.58. The quantitative estimate of drug-likeness (QED) is 0.163. The molecule has 2 N–H and O–H groups in total. The molecule has 2 bridgehead atoms. The van der Waals surface area contributed by atoms with Gasteiger partial charge in [-0.05, 0) is 62.6 Å². The molecule has 8 heterocycles. The Morgan fingerprint density at radius 2 is 1.88 bits per heavy atom. The first-order valence-corrected chi connectivity index (χ1v) is 21.8. The number of para-hydroxylation sites is 1. The van der Waals surface area contributed by atoms with E-state index in [2.05, 4.69) is 53.4 Å². The predicted octanol–water partition coefficient (Wildman–Crippen LogP) is 3.02. The zero-order valence-corrected chi connectivity index (χ0v) is 35.2. The summed E-state index contributed by atoms with van der Waals surface area (Å²) in [7, 11) is 1.65. The van der Waals surface area contributed by atoms with Crippen LogP contribution >= 0.6 is 0 Å². The molecule has 20 heteroatoms. The number of halogens is 2. The van der Waals surface area contributed by atoms with E-state index in [1.165, 1.54) is 26.0 Å². The Hall–Kier alpha value is -6.48. The van der Waals surface area contributed by atoms with Gasteiger partial charge in [0.25, 0.3) is 12.3 Å². The molecule has 3 amide bonds. The van der Waals surface area contributed by atoms with Crippen molar-refractivity contribution in [3.05, 3.63) is 70.2 Å². The molecule has 18 nitrogen and oxygen atoms in total. The van der Waals surface area contributed by atoms with Gasteiger partial charge in [0.15, 0.2) is 11.3 Å². The van der Waals surface area contributed by atoms with Crippen LogP contribution in [-0.2, 0) is 21.4 Å². The van der Waals surface area contributed by atoms with E-state index in [9.17, 15) is 33.2 Å². The number of alkyl halides is 2. The Bertz CT molecular complexity index is 2820. The van der Waals surface area contributed by atoms with Crippen molar-refractivity contribution in [1.82, 2.24) is 48.6 Å². The zero-order valence-electron chi connectivity index (χ0n) is 35.2. The van der Waals surface area contributed by atoms with Gasteiger partial charge in [-0.25, -0.2) is 23.1 Å². The number of nitriles is 1. The fraction of sp³-hybridized carbons (Fsp3) is 0.500. The van der Waals surface area contributed by atoms with Crippen LogP contribution in [0.4, 0.5) is 20.3 Å². The smallest absolute Gasteiger partial charge is 0.329 e. The highest BCUT2D eigenvalue weighted by atomic mass is 19.3. The van der Waals surface area contributed by atoms with Crippen LogP contribution < -0.4 is 21.2 Å². The van der Waals surface area contributed by atoms with Crippen LogP contribution in [0.5, 0.6) is 0 Å². The van der Waals surface area contributed by atoms with Gasteiger partial charge >= 0.3 is 5.69 Å². The number of morpholine rings is 1. The summed E-state index contributed by atoms with van der Waals surface area (Å²) in [6, 6.07) is 8.83. The van der Waals surface area contributed by atoms with Crippen molar-refractivity contribution >= 4 is 45.9 Å². The van der Waals surface area contributed by atoms with Gasteiger partial charge in [-0.3, -0.25) is 43.3 Å². The number of anilines is 2. The van der Waals surface area contributed by atoms with Crippen LogP contribution in [0.25, 0.3) is 16.7 Å². The number of carbonyl (C=O) groups excluding carboxylic acids is 3. The van der Waals surface area contributed by atoms with Gasteiger partial charge < -0.3 is 15.0 Å². The predicted molar refractivity (Wildman–Crippen MR) is 228 cm³/mol. The lowest BCUT2D eigenvalue weighted by atomic mass is 9.81. The maximum atomic E-state index is 14.4. The summed E-state index contributed by atoms with van der Waals surface area (Å²) in [4.78, 5) is 62.6. The molecule has 5 fully saturated rings. The standard InChI is InChI=1S/C44H47F2N13O5/c1-53-39-27(4-2-6-33(39)59(44(53)63)34-11-12-37(60)51-43(34)62)5-3-14-54-16-18-55(19-17-54)35(21-47)26-7-9-28(10-8-26)58-24-32(38(52-58)40(45)46)49-42(61)31-22-48-57-15-13-36(50-41(31)57)56-23-30-20-29(56)25-64-30/h2,4,6,13,15,22,24,26,28-30,34-35,40H,7-12,14,16-20,23,25H2,1H3,(H,49,61)(H,51,60,62)/t26-,28-,29-,30-,34?,35?/m1/s1. The minimum absolute atomic E-state index is 0.0596. The molecular weight excluding hydrogens is 829 g/mol.